The summed E-state index contributed by atoms with van der Waals surface area (Å²) in [6, 6.07) is 0.166. The molecule has 0 saturated carbocycles. The molecule has 1 fully saturated rings. The van der Waals surface area contributed by atoms with Crippen LogP contribution in [-0.4, -0.2) is 29.1 Å². The standard InChI is InChI=1S/C10H12ClF3N4/c11-8-7(10(12,13)14)5-16-9(18-8)17-6-1-3-15-4-2-6/h5-6,15H,1-4H2,(H,16,17,18). The van der Waals surface area contributed by atoms with E-state index in [2.05, 4.69) is 20.6 Å². The summed E-state index contributed by atoms with van der Waals surface area (Å²) in [4.78, 5) is 7.29. The van der Waals surface area contributed by atoms with Crippen LogP contribution in [0.2, 0.25) is 5.15 Å². The predicted molar refractivity (Wildman–Crippen MR) is 61.6 cm³/mol. The fourth-order valence-electron chi connectivity index (χ4n) is 1.77. The molecule has 0 unspecified atom stereocenters. The van der Waals surface area contributed by atoms with E-state index < -0.39 is 16.9 Å². The van der Waals surface area contributed by atoms with E-state index in [1.54, 1.807) is 0 Å². The molecule has 1 aromatic heterocycles. The van der Waals surface area contributed by atoms with Crippen molar-refractivity contribution in [1.29, 1.82) is 0 Å². The van der Waals surface area contributed by atoms with Crippen molar-refractivity contribution in [1.82, 2.24) is 15.3 Å². The van der Waals surface area contributed by atoms with Gasteiger partial charge in [0.25, 0.3) is 0 Å². The number of hydrogen-bond donors (Lipinski definition) is 2. The molecule has 0 aromatic carbocycles. The molecule has 2 N–H and O–H groups in total. The van der Waals surface area contributed by atoms with Crippen molar-refractivity contribution in [2.24, 2.45) is 0 Å². The maximum Gasteiger partial charge on any atom is 0.420 e. The van der Waals surface area contributed by atoms with Gasteiger partial charge in [0, 0.05) is 12.2 Å². The van der Waals surface area contributed by atoms with Crippen LogP contribution in [0.25, 0.3) is 0 Å². The molecule has 1 aliphatic rings. The third-order valence-corrected chi connectivity index (χ3v) is 3.01. The van der Waals surface area contributed by atoms with Gasteiger partial charge in [-0.25, -0.2) is 9.97 Å². The van der Waals surface area contributed by atoms with E-state index in [4.69, 9.17) is 11.6 Å². The number of halogens is 4. The van der Waals surface area contributed by atoms with Gasteiger partial charge in [0.2, 0.25) is 5.95 Å². The number of alkyl halides is 3. The molecule has 8 heteroatoms. The topological polar surface area (TPSA) is 49.8 Å². The molecule has 1 aliphatic heterocycles. The Balaban J connectivity index is 2.08. The summed E-state index contributed by atoms with van der Waals surface area (Å²) >= 11 is 5.51. The van der Waals surface area contributed by atoms with Gasteiger partial charge in [0.05, 0.1) is 0 Å². The molecule has 0 radical (unpaired) electrons. The van der Waals surface area contributed by atoms with Crippen molar-refractivity contribution >= 4 is 17.5 Å². The van der Waals surface area contributed by atoms with E-state index in [1.165, 1.54) is 0 Å². The summed E-state index contributed by atoms with van der Waals surface area (Å²) in [5, 5.41) is 5.60. The fourth-order valence-corrected chi connectivity index (χ4v) is 2.01. The van der Waals surface area contributed by atoms with Crippen LogP contribution < -0.4 is 10.6 Å². The maximum atomic E-state index is 12.4. The van der Waals surface area contributed by atoms with E-state index in [-0.39, 0.29) is 12.0 Å². The van der Waals surface area contributed by atoms with Gasteiger partial charge in [0.1, 0.15) is 10.7 Å². The van der Waals surface area contributed by atoms with Crippen LogP contribution in [0.15, 0.2) is 6.20 Å². The lowest BCUT2D eigenvalue weighted by Gasteiger charge is -2.23. The van der Waals surface area contributed by atoms with Gasteiger partial charge in [-0.15, -0.1) is 0 Å². The van der Waals surface area contributed by atoms with Crippen LogP contribution in [-0.2, 0) is 6.18 Å². The minimum absolute atomic E-state index is 0.139. The van der Waals surface area contributed by atoms with Crippen molar-refractivity contribution < 1.29 is 13.2 Å². The van der Waals surface area contributed by atoms with Crippen LogP contribution in [0.3, 0.4) is 0 Å². The van der Waals surface area contributed by atoms with Gasteiger partial charge >= 0.3 is 6.18 Å². The largest absolute Gasteiger partial charge is 0.420 e. The minimum atomic E-state index is -4.52. The highest BCUT2D eigenvalue weighted by atomic mass is 35.5. The molecule has 100 valence electrons. The molecule has 2 rings (SSSR count). The first kappa shape index (κ1) is 13.4. The molecular formula is C10H12ClF3N4. The van der Waals surface area contributed by atoms with Gasteiger partial charge < -0.3 is 10.6 Å². The third kappa shape index (κ3) is 3.23. The lowest BCUT2D eigenvalue weighted by Crippen LogP contribution is -2.35. The highest BCUT2D eigenvalue weighted by Gasteiger charge is 2.34. The Kier molecular flexibility index (Phi) is 3.91. The molecule has 0 spiro atoms. The van der Waals surface area contributed by atoms with E-state index in [1.807, 2.05) is 0 Å². The second kappa shape index (κ2) is 5.27. The molecule has 0 aliphatic carbocycles. The number of nitrogens with one attached hydrogen (secondary N) is 2. The third-order valence-electron chi connectivity index (χ3n) is 2.72. The van der Waals surface area contributed by atoms with Gasteiger partial charge in [0.15, 0.2) is 0 Å². The second-order valence-electron chi connectivity index (χ2n) is 4.06. The zero-order valence-corrected chi connectivity index (χ0v) is 10.1. The first-order chi connectivity index (χ1) is 8.47. The first-order valence-corrected chi connectivity index (χ1v) is 5.91. The minimum Gasteiger partial charge on any atom is -0.351 e. The smallest absolute Gasteiger partial charge is 0.351 e. The molecule has 1 aromatic rings. The highest BCUT2D eigenvalue weighted by Crippen LogP contribution is 2.33. The number of nitrogens with zero attached hydrogens (tertiary/aromatic N) is 2. The van der Waals surface area contributed by atoms with E-state index in [9.17, 15) is 13.2 Å². The Morgan fingerprint density at radius 2 is 2.00 bits per heavy atom. The molecule has 18 heavy (non-hydrogen) atoms. The second-order valence-corrected chi connectivity index (χ2v) is 4.42. The van der Waals surface area contributed by atoms with Gasteiger partial charge in [-0.1, -0.05) is 11.6 Å². The van der Waals surface area contributed by atoms with Crippen LogP contribution in [0.1, 0.15) is 18.4 Å². The molecule has 2 heterocycles. The van der Waals surface area contributed by atoms with Gasteiger partial charge in [-0.3, -0.25) is 0 Å². The van der Waals surface area contributed by atoms with Gasteiger partial charge in [-0.2, -0.15) is 13.2 Å². The zero-order chi connectivity index (χ0) is 13.2. The molecular weight excluding hydrogens is 269 g/mol. The molecule has 0 bridgehead atoms. The maximum absolute atomic E-state index is 12.4. The lowest BCUT2D eigenvalue weighted by atomic mass is 10.1. The summed E-state index contributed by atoms with van der Waals surface area (Å²) in [6.07, 6.45) is -2.06. The van der Waals surface area contributed by atoms with Crippen LogP contribution in [0, 0.1) is 0 Å². The van der Waals surface area contributed by atoms with Crippen LogP contribution >= 0.6 is 11.6 Å². The number of aromatic nitrogens is 2. The quantitative estimate of drug-likeness (QED) is 0.816. The van der Waals surface area contributed by atoms with Crippen molar-refractivity contribution in [2.75, 3.05) is 18.4 Å². The number of piperidine rings is 1. The van der Waals surface area contributed by atoms with Crippen molar-refractivity contribution in [2.45, 2.75) is 25.1 Å². The first-order valence-electron chi connectivity index (χ1n) is 5.54. The number of hydrogen-bond acceptors (Lipinski definition) is 4. The summed E-state index contributed by atoms with van der Waals surface area (Å²) in [7, 11) is 0. The van der Waals surface area contributed by atoms with Crippen molar-refractivity contribution in [3.05, 3.63) is 16.9 Å². The summed E-state index contributed by atoms with van der Waals surface area (Å²) in [6.45, 7) is 1.73. The normalized spacial score (nSPS) is 17.8. The van der Waals surface area contributed by atoms with E-state index >= 15 is 0 Å². The molecule has 4 nitrogen and oxygen atoms in total. The Hall–Kier alpha value is -1.08. The average molecular weight is 281 g/mol. The summed E-state index contributed by atoms with van der Waals surface area (Å²) in [5.41, 5.74) is -1.01. The van der Waals surface area contributed by atoms with E-state index in [0.717, 1.165) is 25.9 Å². The highest BCUT2D eigenvalue weighted by molar-refractivity contribution is 6.30. The number of anilines is 1. The van der Waals surface area contributed by atoms with Crippen LogP contribution in [0.4, 0.5) is 19.1 Å². The molecule has 1 saturated heterocycles. The zero-order valence-electron chi connectivity index (χ0n) is 9.39. The summed E-state index contributed by atoms with van der Waals surface area (Å²) < 4.78 is 37.3. The van der Waals surface area contributed by atoms with Crippen LogP contribution in [0.5, 0.6) is 0 Å². The van der Waals surface area contributed by atoms with Crippen molar-refractivity contribution in [3.8, 4) is 0 Å². The average Bonchev–Trinajstić information content (AvgIpc) is 2.28. The monoisotopic (exact) mass is 280 g/mol. The molecule has 0 amide bonds. The Labute approximate surface area is 107 Å². The van der Waals surface area contributed by atoms with Gasteiger partial charge in [-0.05, 0) is 25.9 Å². The fraction of sp³-hybridized carbons (Fsp3) is 0.600. The lowest BCUT2D eigenvalue weighted by molar-refractivity contribution is -0.137. The summed E-state index contributed by atoms with van der Waals surface area (Å²) in [5.74, 6) is 0.139. The molecule has 0 atom stereocenters. The Bertz CT molecular complexity index is 418. The van der Waals surface area contributed by atoms with E-state index in [0.29, 0.717) is 6.20 Å². The predicted octanol–water partition coefficient (Wildman–Crippen LogP) is 2.31. The SMILES string of the molecule is FC(F)(F)c1cnc(NC2CCNCC2)nc1Cl. The Morgan fingerprint density at radius 3 is 2.56 bits per heavy atom. The van der Waals surface area contributed by atoms with Crippen molar-refractivity contribution in [3.63, 3.8) is 0 Å². The number of rotatable bonds is 2. The Morgan fingerprint density at radius 1 is 1.33 bits per heavy atom.